The van der Waals surface area contributed by atoms with Crippen LogP contribution in [-0.2, 0) is 0 Å². The molecule has 0 N–H and O–H groups in total. The van der Waals surface area contributed by atoms with E-state index in [2.05, 4.69) is 84.1 Å². The first kappa shape index (κ1) is 24.9. The fraction of sp³-hybridized carbons (Fsp3) is 1.00. The summed E-state index contributed by atoms with van der Waals surface area (Å²) in [4.78, 5) is 7.77. The normalized spacial score (nSPS) is 15.4. The topological polar surface area (TPSA) is 9.72 Å². The fourth-order valence-corrected chi connectivity index (χ4v) is 4.22. The molecular weight excluding hydrogens is 306 g/mol. The molecule has 0 amide bonds. The van der Waals surface area contributed by atoms with Gasteiger partial charge in [0.25, 0.3) is 0 Å². The van der Waals surface area contributed by atoms with E-state index in [0.717, 1.165) is 6.54 Å². The number of hydrogen-bond donors (Lipinski definition) is 0. The quantitative estimate of drug-likeness (QED) is 0.429. The van der Waals surface area contributed by atoms with E-state index in [1.807, 2.05) is 0 Å². The van der Waals surface area contributed by atoms with Crippen molar-refractivity contribution in [3.8, 4) is 0 Å². The summed E-state index contributed by atoms with van der Waals surface area (Å²) < 4.78 is 0. The minimum atomic E-state index is 0.637. The van der Waals surface area contributed by atoms with Crippen LogP contribution in [0.3, 0.4) is 0 Å². The Hall–Kier alpha value is -0.120. The minimum Gasteiger partial charge on any atom is -0.304 e. The van der Waals surface area contributed by atoms with Crippen LogP contribution in [-0.4, -0.2) is 71.6 Å². The van der Waals surface area contributed by atoms with Gasteiger partial charge in [-0.3, -0.25) is 4.90 Å². The summed E-state index contributed by atoms with van der Waals surface area (Å²) in [5.41, 5.74) is 0. The molecule has 0 aliphatic rings. The van der Waals surface area contributed by atoms with Crippen molar-refractivity contribution in [1.82, 2.24) is 14.7 Å². The van der Waals surface area contributed by atoms with Gasteiger partial charge in [-0.25, -0.2) is 0 Å². The van der Waals surface area contributed by atoms with Crippen LogP contribution in [0.5, 0.6) is 0 Å². The van der Waals surface area contributed by atoms with Gasteiger partial charge >= 0.3 is 0 Å². The molecule has 0 heterocycles. The maximum Gasteiger partial charge on any atom is 0.00723 e. The summed E-state index contributed by atoms with van der Waals surface area (Å²) in [6.07, 6.45) is 5.23. The van der Waals surface area contributed by atoms with Crippen LogP contribution in [0.25, 0.3) is 0 Å². The predicted molar refractivity (Wildman–Crippen MR) is 115 cm³/mol. The molecule has 0 saturated heterocycles. The van der Waals surface area contributed by atoms with Crippen molar-refractivity contribution >= 4 is 0 Å². The van der Waals surface area contributed by atoms with E-state index in [4.69, 9.17) is 0 Å². The second-order valence-corrected chi connectivity index (χ2v) is 8.82. The fourth-order valence-electron chi connectivity index (χ4n) is 4.22. The molecule has 0 fully saturated rings. The zero-order valence-corrected chi connectivity index (χ0v) is 19.2. The molecular formula is C22H49N3. The van der Waals surface area contributed by atoms with Crippen molar-refractivity contribution in [2.75, 3.05) is 26.7 Å². The van der Waals surface area contributed by atoms with Gasteiger partial charge in [-0.1, -0.05) is 13.3 Å². The van der Waals surface area contributed by atoms with E-state index < -0.39 is 0 Å². The van der Waals surface area contributed by atoms with E-state index in [1.165, 1.54) is 38.8 Å². The third-order valence-electron chi connectivity index (χ3n) is 5.79. The van der Waals surface area contributed by atoms with E-state index in [0.29, 0.717) is 30.2 Å². The van der Waals surface area contributed by atoms with E-state index in [-0.39, 0.29) is 0 Å². The summed E-state index contributed by atoms with van der Waals surface area (Å²) in [7, 11) is 2.30. The molecule has 0 spiro atoms. The van der Waals surface area contributed by atoms with Crippen LogP contribution in [0, 0.1) is 0 Å². The number of nitrogens with zero attached hydrogens (tertiary/aromatic N) is 3. The van der Waals surface area contributed by atoms with Crippen molar-refractivity contribution in [3.05, 3.63) is 0 Å². The van der Waals surface area contributed by atoms with Gasteiger partial charge < -0.3 is 9.80 Å². The maximum absolute atomic E-state index is 2.65. The van der Waals surface area contributed by atoms with Crippen molar-refractivity contribution in [2.24, 2.45) is 0 Å². The Kier molecular flexibility index (Phi) is 13.0. The van der Waals surface area contributed by atoms with E-state index in [1.54, 1.807) is 0 Å². The average Bonchev–Trinajstić information content (AvgIpc) is 2.49. The SMILES string of the molecule is CCN(CCCN(C)C(C)CCCC(C)N(C(C)C)C(C)C)C(C)C. The van der Waals surface area contributed by atoms with Gasteiger partial charge in [0, 0.05) is 30.2 Å². The Morgan fingerprint density at radius 3 is 1.60 bits per heavy atom. The standard InChI is InChI=1S/C22H49N3/c1-11-24(18(2)3)17-13-16-23(10)21(8)14-12-15-22(9)25(19(4)5)20(6)7/h18-22H,11-17H2,1-10H3. The summed E-state index contributed by atoms with van der Waals surface area (Å²) in [5, 5.41) is 0. The second kappa shape index (κ2) is 13.1. The van der Waals surface area contributed by atoms with Gasteiger partial charge in [0.1, 0.15) is 0 Å². The van der Waals surface area contributed by atoms with Gasteiger partial charge in [-0.05, 0) is 101 Å². The van der Waals surface area contributed by atoms with Crippen LogP contribution in [0.2, 0.25) is 0 Å². The van der Waals surface area contributed by atoms with Crippen LogP contribution in [0.15, 0.2) is 0 Å². The van der Waals surface area contributed by atoms with Gasteiger partial charge in [-0.2, -0.15) is 0 Å². The van der Waals surface area contributed by atoms with Crippen LogP contribution in [0.1, 0.15) is 88.0 Å². The molecule has 0 saturated carbocycles. The van der Waals surface area contributed by atoms with Crippen LogP contribution >= 0.6 is 0 Å². The lowest BCUT2D eigenvalue weighted by molar-refractivity contribution is 0.112. The number of rotatable bonds is 14. The molecule has 0 radical (unpaired) electrons. The molecule has 152 valence electrons. The Morgan fingerprint density at radius 1 is 0.640 bits per heavy atom. The highest BCUT2D eigenvalue weighted by Crippen LogP contribution is 2.17. The minimum absolute atomic E-state index is 0.637. The van der Waals surface area contributed by atoms with Gasteiger partial charge in [0.2, 0.25) is 0 Å². The summed E-state index contributed by atoms with van der Waals surface area (Å²) in [6.45, 7) is 24.6. The maximum atomic E-state index is 2.65. The molecule has 0 aromatic rings. The van der Waals surface area contributed by atoms with Gasteiger partial charge in [0.05, 0.1) is 0 Å². The van der Waals surface area contributed by atoms with Crippen molar-refractivity contribution in [2.45, 2.75) is 118 Å². The van der Waals surface area contributed by atoms with Crippen molar-refractivity contribution < 1.29 is 0 Å². The molecule has 2 atom stereocenters. The molecule has 0 rings (SSSR count). The average molecular weight is 356 g/mol. The Labute approximate surface area is 160 Å². The second-order valence-electron chi connectivity index (χ2n) is 8.82. The lowest BCUT2D eigenvalue weighted by Gasteiger charge is -2.36. The third-order valence-corrected chi connectivity index (χ3v) is 5.79. The molecule has 0 bridgehead atoms. The summed E-state index contributed by atoms with van der Waals surface area (Å²) in [6, 6.07) is 3.31. The molecule has 2 unspecified atom stereocenters. The lowest BCUT2D eigenvalue weighted by Crippen LogP contribution is -2.43. The molecule has 0 aromatic heterocycles. The first-order valence-corrected chi connectivity index (χ1v) is 10.8. The van der Waals surface area contributed by atoms with Crippen LogP contribution in [0.4, 0.5) is 0 Å². The largest absolute Gasteiger partial charge is 0.304 e. The zero-order valence-electron chi connectivity index (χ0n) is 19.2. The Morgan fingerprint density at radius 2 is 1.16 bits per heavy atom. The lowest BCUT2D eigenvalue weighted by atomic mass is 10.0. The summed E-state index contributed by atoms with van der Waals surface area (Å²) in [5.74, 6) is 0. The monoisotopic (exact) mass is 355 g/mol. The van der Waals surface area contributed by atoms with Crippen molar-refractivity contribution in [1.29, 1.82) is 0 Å². The smallest absolute Gasteiger partial charge is 0.00723 e. The Bertz CT molecular complexity index is 306. The van der Waals surface area contributed by atoms with Crippen molar-refractivity contribution in [3.63, 3.8) is 0 Å². The highest BCUT2D eigenvalue weighted by Gasteiger charge is 2.20. The first-order chi connectivity index (χ1) is 11.6. The van der Waals surface area contributed by atoms with E-state index >= 15 is 0 Å². The van der Waals surface area contributed by atoms with E-state index in [9.17, 15) is 0 Å². The van der Waals surface area contributed by atoms with Gasteiger partial charge in [0.15, 0.2) is 0 Å². The highest BCUT2D eigenvalue weighted by atomic mass is 15.2. The van der Waals surface area contributed by atoms with Gasteiger partial charge in [-0.15, -0.1) is 0 Å². The molecule has 25 heavy (non-hydrogen) atoms. The summed E-state index contributed by atoms with van der Waals surface area (Å²) >= 11 is 0. The number of hydrogen-bond acceptors (Lipinski definition) is 3. The van der Waals surface area contributed by atoms with Crippen LogP contribution < -0.4 is 0 Å². The predicted octanol–water partition coefficient (Wildman–Crippen LogP) is 5.10. The molecule has 3 heteroatoms. The third kappa shape index (κ3) is 9.96. The molecule has 0 aliphatic carbocycles. The Balaban J connectivity index is 4.10. The first-order valence-electron chi connectivity index (χ1n) is 10.8. The molecule has 0 aliphatic heterocycles. The highest BCUT2D eigenvalue weighted by molar-refractivity contribution is 4.75. The molecule has 0 aromatic carbocycles. The molecule has 3 nitrogen and oxygen atoms in total. The zero-order chi connectivity index (χ0) is 19.6.